The minimum absolute atomic E-state index is 0.0160. The van der Waals surface area contributed by atoms with Gasteiger partial charge < -0.3 is 4.57 Å². The number of halogens is 1. The number of amidine groups is 1. The number of hydrogen-bond donors (Lipinski definition) is 0. The molecule has 1 aliphatic rings. The summed E-state index contributed by atoms with van der Waals surface area (Å²) in [5.74, 6) is 0.368. The zero-order valence-corrected chi connectivity index (χ0v) is 17.9. The van der Waals surface area contributed by atoms with Gasteiger partial charge in [-0.25, -0.2) is 4.99 Å². The normalized spacial score (nSPS) is 17.7. The smallest absolute Gasteiger partial charge is 0.266 e. The zero-order valence-electron chi connectivity index (χ0n) is 16.3. The molecule has 6 heteroatoms. The Kier molecular flexibility index (Phi) is 5.82. The summed E-state index contributed by atoms with van der Waals surface area (Å²) >= 11 is 7.39. The first kappa shape index (κ1) is 19.8. The van der Waals surface area contributed by atoms with Crippen LogP contribution in [0.15, 0.2) is 40.2 Å². The van der Waals surface area contributed by atoms with E-state index in [9.17, 15) is 4.79 Å². The lowest BCUT2D eigenvalue weighted by atomic mass is 10.2. The summed E-state index contributed by atoms with van der Waals surface area (Å²) in [6.45, 7) is 8.98. The Hall–Kier alpha value is -1.98. The van der Waals surface area contributed by atoms with E-state index < -0.39 is 0 Å². The third-order valence-corrected chi connectivity index (χ3v) is 5.85. The highest BCUT2D eigenvalue weighted by atomic mass is 35.5. The number of thioether (sulfide) groups is 1. The van der Waals surface area contributed by atoms with Crippen LogP contribution in [0.1, 0.15) is 30.8 Å². The summed E-state index contributed by atoms with van der Waals surface area (Å²) in [7, 11) is 2.04. The molecule has 1 aliphatic heterocycles. The number of amides is 1. The Bertz CT molecular complexity index is 926. The van der Waals surface area contributed by atoms with Crippen LogP contribution < -0.4 is 0 Å². The highest BCUT2D eigenvalue weighted by Gasteiger charge is 2.34. The molecule has 0 spiro atoms. The lowest BCUT2D eigenvalue weighted by molar-refractivity contribution is -0.122. The molecule has 0 aliphatic carbocycles. The van der Waals surface area contributed by atoms with Crippen LogP contribution >= 0.6 is 23.4 Å². The number of carbonyl (C=O) groups excluding carboxylic acids is 1. The van der Waals surface area contributed by atoms with E-state index in [2.05, 4.69) is 38.3 Å². The molecule has 27 heavy (non-hydrogen) atoms. The van der Waals surface area contributed by atoms with Crippen LogP contribution in [0.3, 0.4) is 0 Å². The Labute approximate surface area is 169 Å². The summed E-state index contributed by atoms with van der Waals surface area (Å²) in [6, 6.07) is 9.45. The second kappa shape index (κ2) is 7.95. The van der Waals surface area contributed by atoms with Gasteiger partial charge >= 0.3 is 0 Å². The molecular formula is C21H24ClN3OS. The van der Waals surface area contributed by atoms with Gasteiger partial charge in [0.15, 0.2) is 5.17 Å². The molecule has 1 amide bonds. The average Bonchev–Trinajstić information content (AvgIpc) is 3.02. The Morgan fingerprint density at radius 3 is 2.44 bits per heavy atom. The van der Waals surface area contributed by atoms with Crippen LogP contribution in [0.2, 0.25) is 5.02 Å². The molecule has 1 fully saturated rings. The first-order chi connectivity index (χ1) is 12.8. The molecule has 0 radical (unpaired) electrons. The Morgan fingerprint density at radius 1 is 1.22 bits per heavy atom. The summed E-state index contributed by atoms with van der Waals surface area (Å²) in [6.07, 6.45) is 1.98. The number of hydrogen-bond acceptors (Lipinski definition) is 3. The zero-order chi connectivity index (χ0) is 19.7. The van der Waals surface area contributed by atoms with Gasteiger partial charge in [-0.05, 0) is 73.5 Å². The van der Waals surface area contributed by atoms with Gasteiger partial charge in [0.05, 0.1) is 10.6 Å². The number of benzene rings is 1. The molecule has 4 nitrogen and oxygen atoms in total. The maximum absolute atomic E-state index is 13.0. The van der Waals surface area contributed by atoms with Crippen molar-refractivity contribution >= 4 is 46.2 Å². The van der Waals surface area contributed by atoms with Gasteiger partial charge in [0.25, 0.3) is 5.91 Å². The van der Waals surface area contributed by atoms with E-state index in [1.807, 2.05) is 37.4 Å². The number of aliphatic imine (C=N–C) groups is 1. The monoisotopic (exact) mass is 401 g/mol. The van der Waals surface area contributed by atoms with Crippen LogP contribution in [0, 0.1) is 19.8 Å². The molecule has 142 valence electrons. The number of rotatable bonds is 4. The second-order valence-electron chi connectivity index (χ2n) is 7.18. The van der Waals surface area contributed by atoms with Crippen LogP contribution in [0.5, 0.6) is 0 Å². The quantitative estimate of drug-likeness (QED) is 0.629. The van der Waals surface area contributed by atoms with Crippen molar-refractivity contribution in [1.82, 2.24) is 9.47 Å². The minimum atomic E-state index is 0.0160. The molecule has 0 unspecified atom stereocenters. The summed E-state index contributed by atoms with van der Waals surface area (Å²) in [5, 5.41) is 1.39. The van der Waals surface area contributed by atoms with Gasteiger partial charge in [0.2, 0.25) is 0 Å². The van der Waals surface area contributed by atoms with Crippen molar-refractivity contribution in [1.29, 1.82) is 0 Å². The van der Waals surface area contributed by atoms with Crippen LogP contribution in [0.25, 0.3) is 6.08 Å². The van der Waals surface area contributed by atoms with Crippen molar-refractivity contribution in [3.8, 4) is 0 Å². The summed E-state index contributed by atoms with van der Waals surface area (Å²) in [5.41, 5.74) is 4.18. The SMILES string of the molecule is Cc1cc(/C=C2\SC(=Nc3ccc(Cl)cc3)N(CC(C)C)C2=O)c(C)n1C. The maximum atomic E-state index is 13.0. The van der Waals surface area contributed by atoms with Gasteiger partial charge in [-0.15, -0.1) is 0 Å². The Morgan fingerprint density at radius 2 is 1.89 bits per heavy atom. The fourth-order valence-electron chi connectivity index (χ4n) is 2.92. The molecule has 2 heterocycles. The van der Waals surface area contributed by atoms with Crippen molar-refractivity contribution in [2.45, 2.75) is 27.7 Å². The van der Waals surface area contributed by atoms with Crippen molar-refractivity contribution in [2.24, 2.45) is 18.0 Å². The van der Waals surface area contributed by atoms with Gasteiger partial charge in [-0.3, -0.25) is 9.69 Å². The van der Waals surface area contributed by atoms with Crippen LogP contribution in [-0.4, -0.2) is 27.1 Å². The molecule has 1 aromatic heterocycles. The first-order valence-corrected chi connectivity index (χ1v) is 10.1. The van der Waals surface area contributed by atoms with Crippen molar-refractivity contribution < 1.29 is 4.79 Å². The van der Waals surface area contributed by atoms with E-state index in [-0.39, 0.29) is 5.91 Å². The molecule has 0 N–H and O–H groups in total. The summed E-state index contributed by atoms with van der Waals surface area (Å²) < 4.78 is 2.13. The first-order valence-electron chi connectivity index (χ1n) is 8.95. The lowest BCUT2D eigenvalue weighted by Gasteiger charge is -2.17. The number of aryl methyl sites for hydroxylation is 1. The molecule has 2 aromatic rings. The van der Waals surface area contributed by atoms with Crippen molar-refractivity contribution in [3.63, 3.8) is 0 Å². The van der Waals surface area contributed by atoms with Crippen molar-refractivity contribution in [2.75, 3.05) is 6.54 Å². The van der Waals surface area contributed by atoms with E-state index in [1.54, 1.807) is 4.90 Å². The molecule has 0 atom stereocenters. The number of nitrogens with zero attached hydrogens (tertiary/aromatic N) is 3. The van der Waals surface area contributed by atoms with Crippen molar-refractivity contribution in [3.05, 3.63) is 57.2 Å². The van der Waals surface area contributed by atoms with Gasteiger partial charge in [0, 0.05) is 30.0 Å². The fraction of sp³-hybridized carbons (Fsp3) is 0.333. The predicted molar refractivity (Wildman–Crippen MR) is 116 cm³/mol. The molecule has 0 saturated carbocycles. The standard InChI is InChI=1S/C21H24ClN3OS/c1-13(2)12-25-20(26)19(11-16-10-14(3)24(5)15(16)4)27-21(25)23-18-8-6-17(22)7-9-18/h6-11,13H,12H2,1-5H3/b19-11-,23-21?. The molecule has 3 rings (SSSR count). The highest BCUT2D eigenvalue weighted by Crippen LogP contribution is 2.35. The second-order valence-corrected chi connectivity index (χ2v) is 8.62. The van der Waals surface area contributed by atoms with Crippen LogP contribution in [-0.2, 0) is 11.8 Å². The maximum Gasteiger partial charge on any atom is 0.266 e. The number of carbonyl (C=O) groups is 1. The van der Waals surface area contributed by atoms with Gasteiger partial charge in [-0.2, -0.15) is 0 Å². The molecule has 1 aromatic carbocycles. The lowest BCUT2D eigenvalue weighted by Crippen LogP contribution is -2.32. The van der Waals surface area contributed by atoms with E-state index in [0.717, 1.165) is 16.9 Å². The predicted octanol–water partition coefficient (Wildman–Crippen LogP) is 5.56. The average molecular weight is 402 g/mol. The van der Waals surface area contributed by atoms with Gasteiger partial charge in [-0.1, -0.05) is 25.4 Å². The molecule has 1 saturated heterocycles. The molecule has 0 bridgehead atoms. The van der Waals surface area contributed by atoms with Crippen LogP contribution in [0.4, 0.5) is 5.69 Å². The van der Waals surface area contributed by atoms with E-state index in [0.29, 0.717) is 27.6 Å². The fourth-order valence-corrected chi connectivity index (χ4v) is 4.04. The highest BCUT2D eigenvalue weighted by molar-refractivity contribution is 8.18. The number of aromatic nitrogens is 1. The van der Waals surface area contributed by atoms with E-state index in [1.165, 1.54) is 17.5 Å². The topological polar surface area (TPSA) is 37.6 Å². The van der Waals surface area contributed by atoms with E-state index in [4.69, 9.17) is 16.6 Å². The van der Waals surface area contributed by atoms with Gasteiger partial charge in [0.1, 0.15) is 0 Å². The minimum Gasteiger partial charge on any atom is -0.352 e. The Balaban J connectivity index is 1.98. The third-order valence-electron chi connectivity index (χ3n) is 4.59. The largest absolute Gasteiger partial charge is 0.352 e. The summed E-state index contributed by atoms with van der Waals surface area (Å²) in [4.78, 5) is 20.2. The molecular weight excluding hydrogens is 378 g/mol. The third kappa shape index (κ3) is 4.30. The van der Waals surface area contributed by atoms with E-state index >= 15 is 0 Å².